The third kappa shape index (κ3) is 8.58. The summed E-state index contributed by atoms with van der Waals surface area (Å²) in [5, 5.41) is 6.67. The molecule has 0 unspecified atom stereocenters. The van der Waals surface area contributed by atoms with Crippen molar-refractivity contribution < 1.29 is 0 Å². The van der Waals surface area contributed by atoms with Gasteiger partial charge in [-0.2, -0.15) is 0 Å². The van der Waals surface area contributed by atoms with Crippen LogP contribution in [-0.4, -0.2) is 43.6 Å². The first kappa shape index (κ1) is 21.2. The van der Waals surface area contributed by atoms with Crippen LogP contribution in [0.2, 0.25) is 0 Å². The molecule has 5 heteroatoms. The molecule has 22 heavy (non-hydrogen) atoms. The molecule has 1 aromatic rings. The fourth-order valence-corrected chi connectivity index (χ4v) is 1.81. The van der Waals surface area contributed by atoms with Crippen LogP contribution in [-0.2, 0) is 6.54 Å². The third-order valence-electron chi connectivity index (χ3n) is 3.52. The van der Waals surface area contributed by atoms with Gasteiger partial charge in [0.1, 0.15) is 0 Å². The van der Waals surface area contributed by atoms with Gasteiger partial charge in [-0.05, 0) is 40.3 Å². The number of nitrogens with one attached hydrogen (secondary N) is 2. The third-order valence-corrected chi connectivity index (χ3v) is 3.52. The zero-order chi connectivity index (χ0) is 15.7. The molecule has 0 atom stereocenters. The van der Waals surface area contributed by atoms with Crippen LogP contribution in [0.15, 0.2) is 29.3 Å². The molecule has 0 bridgehead atoms. The van der Waals surface area contributed by atoms with E-state index in [-0.39, 0.29) is 24.0 Å². The van der Waals surface area contributed by atoms with Gasteiger partial charge in [-0.15, -0.1) is 24.0 Å². The largest absolute Gasteiger partial charge is 0.357 e. The number of hydrogen-bond donors (Lipinski definition) is 2. The van der Waals surface area contributed by atoms with Gasteiger partial charge in [-0.25, -0.2) is 4.99 Å². The molecule has 0 aliphatic heterocycles. The van der Waals surface area contributed by atoms with Crippen molar-refractivity contribution >= 4 is 29.9 Å². The van der Waals surface area contributed by atoms with E-state index in [0.717, 1.165) is 25.6 Å². The van der Waals surface area contributed by atoms with Gasteiger partial charge in [0, 0.05) is 25.7 Å². The lowest BCUT2D eigenvalue weighted by atomic mass is 10.1. The topological polar surface area (TPSA) is 39.7 Å². The van der Waals surface area contributed by atoms with Crippen LogP contribution in [0.3, 0.4) is 0 Å². The van der Waals surface area contributed by atoms with Crippen molar-refractivity contribution in [2.45, 2.75) is 40.3 Å². The lowest BCUT2D eigenvalue weighted by molar-refractivity contribution is 0.278. The number of aliphatic imine (C=N–C) groups is 1. The summed E-state index contributed by atoms with van der Waals surface area (Å²) in [6.45, 7) is 12.1. The van der Waals surface area contributed by atoms with Crippen LogP contribution in [0.4, 0.5) is 0 Å². The average Bonchev–Trinajstić information content (AvgIpc) is 2.46. The van der Waals surface area contributed by atoms with Crippen LogP contribution in [0.5, 0.6) is 0 Å². The summed E-state index contributed by atoms with van der Waals surface area (Å²) in [4.78, 5) is 6.95. The molecule has 0 heterocycles. The summed E-state index contributed by atoms with van der Waals surface area (Å²) in [7, 11) is 2.14. The Balaban J connectivity index is 0.00000441. The summed E-state index contributed by atoms with van der Waals surface area (Å²) in [5.74, 6) is 0.884. The highest BCUT2D eigenvalue weighted by Gasteiger charge is 2.03. The summed E-state index contributed by atoms with van der Waals surface area (Å²) in [6, 6.07) is 9.09. The number of guanidine groups is 1. The van der Waals surface area contributed by atoms with Gasteiger partial charge in [0.25, 0.3) is 0 Å². The number of likely N-dealkylation sites (N-methyl/N-ethyl adjacent to an activating group) is 1. The van der Waals surface area contributed by atoms with Crippen molar-refractivity contribution in [2.75, 3.05) is 26.7 Å². The Morgan fingerprint density at radius 2 is 1.82 bits per heavy atom. The van der Waals surface area contributed by atoms with Gasteiger partial charge >= 0.3 is 0 Å². The first-order valence-electron chi connectivity index (χ1n) is 7.81. The van der Waals surface area contributed by atoms with Crippen molar-refractivity contribution in [1.29, 1.82) is 0 Å². The summed E-state index contributed by atoms with van der Waals surface area (Å²) < 4.78 is 0. The van der Waals surface area contributed by atoms with E-state index in [4.69, 9.17) is 0 Å². The molecule has 126 valence electrons. The second-order valence-corrected chi connectivity index (χ2v) is 5.68. The first-order chi connectivity index (χ1) is 10.0. The van der Waals surface area contributed by atoms with Crippen molar-refractivity contribution in [3.63, 3.8) is 0 Å². The van der Waals surface area contributed by atoms with E-state index in [1.807, 2.05) is 0 Å². The molecule has 1 aromatic carbocycles. The fraction of sp³-hybridized carbons (Fsp3) is 0.588. The molecule has 0 amide bonds. The Morgan fingerprint density at radius 1 is 1.18 bits per heavy atom. The quantitative estimate of drug-likeness (QED) is 0.406. The molecule has 0 aliphatic carbocycles. The van der Waals surface area contributed by atoms with Crippen molar-refractivity contribution in [2.24, 2.45) is 4.99 Å². The molecule has 0 spiro atoms. The Morgan fingerprint density at radius 3 is 2.36 bits per heavy atom. The smallest absolute Gasteiger partial charge is 0.191 e. The van der Waals surface area contributed by atoms with Crippen LogP contribution in [0.1, 0.15) is 31.9 Å². The van der Waals surface area contributed by atoms with Crippen molar-refractivity contribution in [3.05, 3.63) is 35.4 Å². The molecule has 1 rings (SSSR count). The lowest BCUT2D eigenvalue weighted by Crippen LogP contribution is -2.42. The van der Waals surface area contributed by atoms with Crippen molar-refractivity contribution in [3.8, 4) is 0 Å². The number of aryl methyl sites for hydroxylation is 1. The predicted octanol–water partition coefficient (Wildman–Crippen LogP) is 3.01. The van der Waals surface area contributed by atoms with Gasteiger partial charge in [0.2, 0.25) is 0 Å². The normalized spacial score (nSPS) is 11.5. The molecule has 4 nitrogen and oxygen atoms in total. The standard InChI is InChI=1S/C17H30N4.HI/c1-6-18-17(19-11-12-21(5)14(2)3)20-13-16-9-7-15(4)8-10-16;/h7-10,14H,6,11-13H2,1-5H3,(H2,18,19,20);1H. The minimum Gasteiger partial charge on any atom is -0.357 e. The Labute approximate surface area is 152 Å². The second kappa shape index (κ2) is 11.7. The van der Waals surface area contributed by atoms with E-state index in [1.165, 1.54) is 11.1 Å². The SMILES string of the molecule is CCNC(=NCc1ccc(C)cc1)NCCN(C)C(C)C.I. The van der Waals surface area contributed by atoms with Gasteiger partial charge in [-0.1, -0.05) is 29.8 Å². The average molecular weight is 418 g/mol. The highest BCUT2D eigenvalue weighted by Crippen LogP contribution is 2.04. The molecule has 2 N–H and O–H groups in total. The maximum Gasteiger partial charge on any atom is 0.191 e. The summed E-state index contributed by atoms with van der Waals surface area (Å²) in [6.07, 6.45) is 0. The van der Waals surface area contributed by atoms with Crippen LogP contribution in [0, 0.1) is 6.92 Å². The van der Waals surface area contributed by atoms with E-state index in [2.05, 4.69) is 79.5 Å². The Kier molecular flexibility index (Phi) is 11.3. The van der Waals surface area contributed by atoms with Crippen LogP contribution >= 0.6 is 24.0 Å². The number of rotatable bonds is 7. The highest BCUT2D eigenvalue weighted by atomic mass is 127. The maximum atomic E-state index is 4.63. The number of hydrogen-bond acceptors (Lipinski definition) is 2. The van der Waals surface area contributed by atoms with Gasteiger partial charge in [-0.3, -0.25) is 0 Å². The predicted molar refractivity (Wildman–Crippen MR) is 107 cm³/mol. The van der Waals surface area contributed by atoms with Gasteiger partial charge in [0.05, 0.1) is 6.54 Å². The number of benzene rings is 1. The highest BCUT2D eigenvalue weighted by molar-refractivity contribution is 14.0. The zero-order valence-electron chi connectivity index (χ0n) is 14.5. The number of halogens is 1. The monoisotopic (exact) mass is 418 g/mol. The van der Waals surface area contributed by atoms with Crippen LogP contribution < -0.4 is 10.6 Å². The molecular weight excluding hydrogens is 387 g/mol. The molecule has 0 saturated heterocycles. The Hall–Kier alpha value is -0.820. The number of nitrogens with zero attached hydrogens (tertiary/aromatic N) is 2. The maximum absolute atomic E-state index is 4.63. The molecular formula is C17H31IN4. The van der Waals surface area contributed by atoms with E-state index in [1.54, 1.807) is 0 Å². The van der Waals surface area contributed by atoms with Gasteiger partial charge in [0.15, 0.2) is 5.96 Å². The van der Waals surface area contributed by atoms with Crippen LogP contribution in [0.25, 0.3) is 0 Å². The minimum absolute atomic E-state index is 0. The summed E-state index contributed by atoms with van der Waals surface area (Å²) >= 11 is 0. The zero-order valence-corrected chi connectivity index (χ0v) is 16.8. The van der Waals surface area contributed by atoms with E-state index < -0.39 is 0 Å². The fourth-order valence-electron chi connectivity index (χ4n) is 1.81. The molecule has 0 aliphatic rings. The molecule has 0 aromatic heterocycles. The second-order valence-electron chi connectivity index (χ2n) is 5.68. The van der Waals surface area contributed by atoms with E-state index in [0.29, 0.717) is 12.6 Å². The molecule has 0 saturated carbocycles. The van der Waals surface area contributed by atoms with E-state index >= 15 is 0 Å². The Bertz CT molecular complexity index is 429. The summed E-state index contributed by atoms with van der Waals surface area (Å²) in [5.41, 5.74) is 2.52. The van der Waals surface area contributed by atoms with Crippen molar-refractivity contribution in [1.82, 2.24) is 15.5 Å². The van der Waals surface area contributed by atoms with Gasteiger partial charge < -0.3 is 15.5 Å². The lowest BCUT2D eigenvalue weighted by Gasteiger charge is -2.21. The molecule has 0 fully saturated rings. The van der Waals surface area contributed by atoms with E-state index in [9.17, 15) is 0 Å². The molecule has 0 radical (unpaired) electrons. The minimum atomic E-state index is 0. The first-order valence-corrected chi connectivity index (χ1v) is 7.81.